The number of imide groups is 1. The summed E-state index contributed by atoms with van der Waals surface area (Å²) in [6.45, 7) is 7.57. The molecule has 2 saturated heterocycles. The van der Waals surface area contributed by atoms with E-state index in [1.807, 2.05) is 31.2 Å². The molecule has 3 aliphatic heterocycles. The van der Waals surface area contributed by atoms with E-state index in [0.717, 1.165) is 67.3 Å². The first kappa shape index (κ1) is 38.9. The molecular formula is C45H47FN10O4. The number of hydrogen-bond donors (Lipinski definition) is 5. The molecule has 0 unspecified atom stereocenters. The zero-order valence-electron chi connectivity index (χ0n) is 33.6. The molecule has 4 aliphatic rings. The van der Waals surface area contributed by atoms with Crippen molar-refractivity contribution in [3.8, 4) is 11.3 Å². The van der Waals surface area contributed by atoms with E-state index < -0.39 is 17.6 Å². The molecule has 2 aromatic heterocycles. The molecule has 5 heterocycles. The average Bonchev–Trinajstić information content (AvgIpc) is 3.47. The highest BCUT2D eigenvalue weighted by Gasteiger charge is 2.36. The van der Waals surface area contributed by atoms with Gasteiger partial charge < -0.3 is 26.6 Å². The van der Waals surface area contributed by atoms with Crippen molar-refractivity contribution in [3.63, 3.8) is 0 Å². The van der Waals surface area contributed by atoms with Crippen LogP contribution in [0.5, 0.6) is 0 Å². The highest BCUT2D eigenvalue weighted by atomic mass is 19.1. The summed E-state index contributed by atoms with van der Waals surface area (Å²) in [5.74, 6) is -1.10. The fourth-order valence-corrected chi connectivity index (χ4v) is 8.93. The van der Waals surface area contributed by atoms with Gasteiger partial charge in [0, 0.05) is 79.1 Å². The number of aryl methyl sites for hydroxylation is 3. The van der Waals surface area contributed by atoms with Crippen molar-refractivity contribution < 1.29 is 23.6 Å². The number of carbonyl (C=O) groups excluding carboxylic acids is 4. The van der Waals surface area contributed by atoms with Crippen LogP contribution in [0.1, 0.15) is 74.7 Å². The Bertz CT molecular complexity index is 2520. The minimum atomic E-state index is -0.740. The number of amides is 4. The van der Waals surface area contributed by atoms with Gasteiger partial charge in [-0.1, -0.05) is 18.2 Å². The second-order valence-corrected chi connectivity index (χ2v) is 16.2. The maximum atomic E-state index is 16.1. The Morgan fingerprint density at radius 3 is 2.42 bits per heavy atom. The summed E-state index contributed by atoms with van der Waals surface area (Å²) in [6.07, 6.45) is 3.72. The third-order valence-corrected chi connectivity index (χ3v) is 12.4. The van der Waals surface area contributed by atoms with Gasteiger partial charge >= 0.3 is 0 Å². The molecule has 5 aromatic rings. The van der Waals surface area contributed by atoms with Crippen LogP contribution < -0.4 is 31.9 Å². The number of benzene rings is 3. The van der Waals surface area contributed by atoms with Crippen LogP contribution in [0, 0.1) is 19.7 Å². The lowest BCUT2D eigenvalue weighted by atomic mass is 9.75. The molecule has 0 bridgehead atoms. The van der Waals surface area contributed by atoms with Gasteiger partial charge in [-0.15, -0.1) is 0 Å². The van der Waals surface area contributed by atoms with Crippen LogP contribution in [0.4, 0.5) is 33.1 Å². The molecular weight excluding hydrogens is 764 g/mol. The van der Waals surface area contributed by atoms with E-state index in [9.17, 15) is 19.2 Å². The Morgan fingerprint density at radius 1 is 0.900 bits per heavy atom. The fourth-order valence-electron chi connectivity index (χ4n) is 8.93. The summed E-state index contributed by atoms with van der Waals surface area (Å²) in [7, 11) is 0. The summed E-state index contributed by atoms with van der Waals surface area (Å²) in [4.78, 5) is 59.0. The van der Waals surface area contributed by atoms with E-state index >= 15 is 4.39 Å². The van der Waals surface area contributed by atoms with Crippen molar-refractivity contribution in [2.45, 2.75) is 70.5 Å². The largest absolute Gasteiger partial charge is 0.374 e. The zero-order chi connectivity index (χ0) is 41.7. The average molecular weight is 811 g/mol. The number of aromatic nitrogens is 3. The number of primary amides is 1. The van der Waals surface area contributed by atoms with Gasteiger partial charge in [0.25, 0.3) is 11.8 Å². The van der Waals surface area contributed by atoms with E-state index in [4.69, 9.17) is 10.8 Å². The van der Waals surface area contributed by atoms with Crippen molar-refractivity contribution in [1.29, 1.82) is 0 Å². The number of hydrogen-bond acceptors (Lipinski definition) is 10. The normalized spacial score (nSPS) is 20.2. The lowest BCUT2D eigenvalue weighted by Gasteiger charge is -2.47. The first-order valence-electron chi connectivity index (χ1n) is 20.5. The lowest BCUT2D eigenvalue weighted by Crippen LogP contribution is -2.53. The van der Waals surface area contributed by atoms with E-state index in [1.165, 1.54) is 24.6 Å². The Kier molecular flexibility index (Phi) is 10.3. The molecule has 0 spiro atoms. The molecule has 3 aromatic carbocycles. The van der Waals surface area contributed by atoms with Crippen LogP contribution in [-0.2, 0) is 22.6 Å². The van der Waals surface area contributed by atoms with Crippen molar-refractivity contribution >= 4 is 52.3 Å². The Morgan fingerprint density at radius 2 is 1.68 bits per heavy atom. The maximum absolute atomic E-state index is 16.1. The van der Waals surface area contributed by atoms with E-state index in [-0.39, 0.29) is 45.8 Å². The van der Waals surface area contributed by atoms with E-state index in [1.54, 1.807) is 16.8 Å². The third-order valence-electron chi connectivity index (χ3n) is 12.4. The second kappa shape index (κ2) is 15.9. The van der Waals surface area contributed by atoms with E-state index in [2.05, 4.69) is 60.3 Å². The molecule has 9 rings (SSSR count). The number of fused-ring (bicyclic) bond motifs is 2. The molecule has 14 nitrogen and oxygen atoms in total. The summed E-state index contributed by atoms with van der Waals surface area (Å²) in [5, 5.41) is 16.5. The zero-order valence-corrected chi connectivity index (χ0v) is 33.6. The first-order chi connectivity index (χ1) is 29.0. The van der Waals surface area contributed by atoms with Gasteiger partial charge in [0.2, 0.25) is 11.8 Å². The minimum absolute atomic E-state index is 0.0799. The number of rotatable bonds is 9. The van der Waals surface area contributed by atoms with Gasteiger partial charge in [-0.25, -0.2) is 14.1 Å². The van der Waals surface area contributed by atoms with Gasteiger partial charge in [0.15, 0.2) is 0 Å². The number of pyridine rings is 1. The Balaban J connectivity index is 0.820. The number of anilines is 5. The third kappa shape index (κ3) is 7.56. The highest BCUT2D eigenvalue weighted by molar-refractivity contribution is 6.07. The Hall–Kier alpha value is -6.61. The molecule has 308 valence electrons. The van der Waals surface area contributed by atoms with Crippen molar-refractivity contribution in [3.05, 3.63) is 112 Å². The molecule has 4 amide bonds. The number of halogens is 1. The molecule has 1 aliphatic carbocycles. The van der Waals surface area contributed by atoms with Crippen molar-refractivity contribution in [2.24, 2.45) is 5.73 Å². The fraction of sp³-hybridized carbons (Fsp3) is 0.333. The molecule has 6 N–H and O–H groups in total. The summed E-state index contributed by atoms with van der Waals surface area (Å²) in [6, 6.07) is 23.1. The summed E-state index contributed by atoms with van der Waals surface area (Å²) in [5.41, 5.74) is 12.5. The quantitative estimate of drug-likeness (QED) is 0.117. The first-order valence-corrected chi connectivity index (χ1v) is 20.5. The van der Waals surface area contributed by atoms with Crippen molar-refractivity contribution in [2.75, 3.05) is 47.0 Å². The summed E-state index contributed by atoms with van der Waals surface area (Å²) < 4.78 is 17.8. The predicted octanol–water partition coefficient (Wildman–Crippen LogP) is 5.64. The van der Waals surface area contributed by atoms with Crippen LogP contribution in [0.3, 0.4) is 0 Å². The van der Waals surface area contributed by atoms with Crippen LogP contribution in [0.2, 0.25) is 0 Å². The number of piperazine rings is 1. The minimum Gasteiger partial charge on any atom is -0.374 e. The van der Waals surface area contributed by atoms with Crippen LogP contribution in [-0.4, -0.2) is 81.6 Å². The molecule has 0 radical (unpaired) electrons. The smallest absolute Gasteiger partial charge is 0.257 e. The Labute approximate surface area is 346 Å². The predicted molar refractivity (Wildman–Crippen MR) is 227 cm³/mol. The number of carbonyl (C=O) groups is 4. The van der Waals surface area contributed by atoms with Crippen LogP contribution in [0.25, 0.3) is 11.3 Å². The number of nitrogens with one attached hydrogen (secondary N) is 4. The second-order valence-electron chi connectivity index (χ2n) is 16.2. The van der Waals surface area contributed by atoms with Gasteiger partial charge in [-0.05, 0) is 117 Å². The topological polar surface area (TPSA) is 180 Å². The lowest BCUT2D eigenvalue weighted by molar-refractivity contribution is -0.133. The van der Waals surface area contributed by atoms with Gasteiger partial charge in [0.05, 0.1) is 0 Å². The molecule has 1 saturated carbocycles. The standard InChI is InChI=1S/C45H47FN10O4/c1-25-4-3-5-37(48-25)51-44(59)33-11-12-34(40(46)26(33)2)41-39(42(47)58)43-50-35-13-10-31(22-28(35)16-17-56(43)53-41)54-18-20-55(21-19-54)32-23-29(24-32)27-6-8-30(9-7-27)49-36-14-15-38(57)52-45(36)60/h3-13,22,29,32,36,49-50H,14-21,23-24H2,1-2H3,(H2,47,58)(H,48,51,59)(H,52,57,60)/t29?,32?,36-/m1/s1. The van der Waals surface area contributed by atoms with Gasteiger partial charge in [-0.3, -0.25) is 29.4 Å². The molecule has 3 fully saturated rings. The molecule has 1 atom stereocenters. The monoisotopic (exact) mass is 810 g/mol. The van der Waals surface area contributed by atoms with Gasteiger partial charge in [0.1, 0.15) is 34.8 Å². The summed E-state index contributed by atoms with van der Waals surface area (Å²) >= 11 is 0. The SMILES string of the molecule is Cc1cccc(NC(=O)c2ccc(-c3nn4c(c3C(N)=O)Nc3ccc(N5CCN(C6CC(c7ccc(N[C@@H]8CCC(=O)NC8=O)cc7)C6)CC5)cc3CC4)c(F)c2C)n1. The number of piperidine rings is 1. The van der Waals surface area contributed by atoms with Crippen molar-refractivity contribution in [1.82, 2.24) is 25.0 Å². The number of nitrogens with two attached hydrogens (primary N) is 1. The maximum Gasteiger partial charge on any atom is 0.257 e. The molecule has 60 heavy (non-hydrogen) atoms. The van der Waals surface area contributed by atoms with Gasteiger partial charge in [-0.2, -0.15) is 5.10 Å². The van der Waals surface area contributed by atoms with Crippen LogP contribution >= 0.6 is 0 Å². The van der Waals surface area contributed by atoms with E-state index in [0.29, 0.717) is 49.4 Å². The number of nitrogens with zero attached hydrogens (tertiary/aromatic N) is 5. The highest BCUT2D eigenvalue weighted by Crippen LogP contribution is 2.41. The van der Waals surface area contributed by atoms with Crippen LogP contribution in [0.15, 0.2) is 72.8 Å². The molecule has 15 heteroatoms.